The van der Waals surface area contributed by atoms with Crippen molar-refractivity contribution in [3.05, 3.63) is 11.6 Å². The Balaban J connectivity index is 2.16. The van der Waals surface area contributed by atoms with Gasteiger partial charge in [0.1, 0.15) is 0 Å². The van der Waals surface area contributed by atoms with Crippen molar-refractivity contribution in [2.45, 2.75) is 51.7 Å². The Kier molecular flexibility index (Phi) is 2.91. The molecule has 86 valence electrons. The van der Waals surface area contributed by atoms with Gasteiger partial charge in [-0.05, 0) is 38.6 Å². The van der Waals surface area contributed by atoms with E-state index in [1.807, 2.05) is 6.92 Å². The van der Waals surface area contributed by atoms with E-state index >= 15 is 0 Å². The molecule has 2 heterocycles. The average molecular weight is 209 g/mol. The van der Waals surface area contributed by atoms with E-state index in [0.717, 1.165) is 19.5 Å². The van der Waals surface area contributed by atoms with Gasteiger partial charge in [0.25, 0.3) is 0 Å². The summed E-state index contributed by atoms with van der Waals surface area (Å²) in [7, 11) is 0. The molecule has 0 amide bonds. The number of piperidine rings is 1. The zero-order valence-electron chi connectivity index (χ0n) is 10.2. The molecule has 2 heteroatoms. The molecule has 0 aromatic carbocycles. The Morgan fingerprint density at radius 2 is 2.27 bits per heavy atom. The minimum Gasteiger partial charge on any atom is -0.388 e. The molecule has 0 radical (unpaired) electrons. The molecule has 2 aliphatic heterocycles. The predicted octanol–water partition coefficient (Wildman–Crippen LogP) is 2.19. The number of aliphatic hydroxyl groups is 1. The third kappa shape index (κ3) is 2.26. The smallest absolute Gasteiger partial charge is 0.0811 e. The van der Waals surface area contributed by atoms with Crippen molar-refractivity contribution in [3.8, 4) is 0 Å². The van der Waals surface area contributed by atoms with E-state index in [1.54, 1.807) is 0 Å². The van der Waals surface area contributed by atoms with Gasteiger partial charge in [-0.15, -0.1) is 0 Å². The van der Waals surface area contributed by atoms with E-state index in [4.69, 9.17) is 0 Å². The lowest BCUT2D eigenvalue weighted by Crippen LogP contribution is -2.52. The Morgan fingerprint density at radius 3 is 2.93 bits per heavy atom. The zero-order valence-corrected chi connectivity index (χ0v) is 10.2. The fourth-order valence-electron chi connectivity index (χ4n) is 3.20. The average Bonchev–Trinajstić information content (AvgIpc) is 2.49. The van der Waals surface area contributed by atoms with Crippen LogP contribution in [0.2, 0.25) is 0 Å². The van der Waals surface area contributed by atoms with Gasteiger partial charge in [0.15, 0.2) is 0 Å². The van der Waals surface area contributed by atoms with Crippen LogP contribution in [-0.4, -0.2) is 34.7 Å². The Morgan fingerprint density at radius 1 is 1.53 bits per heavy atom. The van der Waals surface area contributed by atoms with Crippen LogP contribution in [0, 0.1) is 5.92 Å². The largest absolute Gasteiger partial charge is 0.388 e. The van der Waals surface area contributed by atoms with Crippen LogP contribution in [0.4, 0.5) is 0 Å². The molecule has 15 heavy (non-hydrogen) atoms. The molecule has 0 bridgehead atoms. The standard InChI is InChI=1S/C13H23NO/c1-10(2)7-11-8-13(3,15)12-5-4-6-14(12)9-11/h7,10,12,15H,4-6,8-9H2,1-3H3/b11-7+/t12-,13-/m0/s1. The molecule has 1 N–H and O–H groups in total. The first-order chi connectivity index (χ1) is 6.99. The van der Waals surface area contributed by atoms with E-state index in [9.17, 15) is 5.11 Å². The molecule has 0 saturated carbocycles. The number of fused-ring (bicyclic) bond motifs is 1. The number of hydrogen-bond donors (Lipinski definition) is 1. The quantitative estimate of drug-likeness (QED) is 0.669. The van der Waals surface area contributed by atoms with Crippen LogP contribution in [0.15, 0.2) is 11.6 Å². The Bertz CT molecular complexity index is 268. The minimum atomic E-state index is -0.504. The molecule has 2 nitrogen and oxygen atoms in total. The highest BCUT2D eigenvalue weighted by Crippen LogP contribution is 2.36. The number of rotatable bonds is 1. The Hall–Kier alpha value is -0.340. The molecule has 0 aliphatic carbocycles. The maximum absolute atomic E-state index is 10.4. The Labute approximate surface area is 93.0 Å². The van der Waals surface area contributed by atoms with Crippen molar-refractivity contribution in [2.75, 3.05) is 13.1 Å². The highest BCUT2D eigenvalue weighted by atomic mass is 16.3. The van der Waals surface area contributed by atoms with Gasteiger partial charge in [-0.2, -0.15) is 0 Å². The van der Waals surface area contributed by atoms with E-state index in [0.29, 0.717) is 12.0 Å². The summed E-state index contributed by atoms with van der Waals surface area (Å²) in [6, 6.07) is 0.404. The third-order valence-electron chi connectivity index (χ3n) is 3.64. The first kappa shape index (κ1) is 11.2. The highest BCUT2D eigenvalue weighted by Gasteiger charge is 2.43. The van der Waals surface area contributed by atoms with Crippen LogP contribution in [-0.2, 0) is 0 Å². The topological polar surface area (TPSA) is 23.5 Å². The van der Waals surface area contributed by atoms with E-state index in [2.05, 4.69) is 24.8 Å². The summed E-state index contributed by atoms with van der Waals surface area (Å²) < 4.78 is 0. The molecule has 0 spiro atoms. The second kappa shape index (κ2) is 3.91. The SMILES string of the molecule is CC(C)/C=C1/CN2CCC[C@H]2[C@@](C)(O)C1. The molecule has 2 atom stereocenters. The van der Waals surface area contributed by atoms with Crippen LogP contribution < -0.4 is 0 Å². The molecule has 2 fully saturated rings. The molecule has 2 aliphatic rings. The normalized spacial score (nSPS) is 40.1. The monoisotopic (exact) mass is 209 g/mol. The molecular formula is C13H23NO. The third-order valence-corrected chi connectivity index (χ3v) is 3.64. The first-order valence-corrected chi connectivity index (χ1v) is 6.15. The van der Waals surface area contributed by atoms with Gasteiger partial charge in [0.05, 0.1) is 5.60 Å². The predicted molar refractivity (Wildman–Crippen MR) is 62.8 cm³/mol. The summed E-state index contributed by atoms with van der Waals surface area (Å²) in [6.07, 6.45) is 5.60. The second-order valence-electron chi connectivity index (χ2n) is 5.73. The van der Waals surface area contributed by atoms with Crippen molar-refractivity contribution in [1.82, 2.24) is 4.90 Å². The summed E-state index contributed by atoms with van der Waals surface area (Å²) in [4.78, 5) is 2.46. The fourth-order valence-corrected chi connectivity index (χ4v) is 3.20. The summed E-state index contributed by atoms with van der Waals surface area (Å²) in [6.45, 7) is 8.66. The van der Waals surface area contributed by atoms with Gasteiger partial charge in [-0.1, -0.05) is 25.5 Å². The number of nitrogens with zero attached hydrogens (tertiary/aromatic N) is 1. The van der Waals surface area contributed by atoms with Gasteiger partial charge in [0, 0.05) is 12.6 Å². The summed E-state index contributed by atoms with van der Waals surface area (Å²) in [5.41, 5.74) is 0.920. The first-order valence-electron chi connectivity index (χ1n) is 6.15. The zero-order chi connectivity index (χ0) is 11.1. The van der Waals surface area contributed by atoms with E-state index < -0.39 is 5.60 Å². The van der Waals surface area contributed by atoms with Crippen molar-refractivity contribution < 1.29 is 5.11 Å². The maximum Gasteiger partial charge on any atom is 0.0811 e. The minimum absolute atomic E-state index is 0.404. The summed E-state index contributed by atoms with van der Waals surface area (Å²) in [5.74, 6) is 0.593. The van der Waals surface area contributed by atoms with Gasteiger partial charge in [-0.25, -0.2) is 0 Å². The van der Waals surface area contributed by atoms with Gasteiger partial charge in [-0.3, -0.25) is 4.90 Å². The van der Waals surface area contributed by atoms with Crippen molar-refractivity contribution in [1.29, 1.82) is 0 Å². The molecule has 0 aromatic rings. The summed E-state index contributed by atoms with van der Waals surface area (Å²) in [5, 5.41) is 10.4. The van der Waals surface area contributed by atoms with Crippen molar-refractivity contribution >= 4 is 0 Å². The van der Waals surface area contributed by atoms with Crippen molar-refractivity contribution in [2.24, 2.45) is 5.92 Å². The maximum atomic E-state index is 10.4. The van der Waals surface area contributed by atoms with Crippen LogP contribution in [0.5, 0.6) is 0 Å². The van der Waals surface area contributed by atoms with Crippen LogP contribution in [0.25, 0.3) is 0 Å². The molecule has 2 saturated heterocycles. The lowest BCUT2D eigenvalue weighted by atomic mass is 9.83. The second-order valence-corrected chi connectivity index (χ2v) is 5.73. The highest BCUT2D eigenvalue weighted by molar-refractivity contribution is 5.17. The van der Waals surface area contributed by atoms with Gasteiger partial charge < -0.3 is 5.11 Å². The molecule has 0 aromatic heterocycles. The van der Waals surface area contributed by atoms with Gasteiger partial charge in [0.2, 0.25) is 0 Å². The summed E-state index contributed by atoms with van der Waals surface area (Å²) >= 11 is 0. The molecule has 0 unspecified atom stereocenters. The fraction of sp³-hybridized carbons (Fsp3) is 0.846. The van der Waals surface area contributed by atoms with Crippen molar-refractivity contribution in [3.63, 3.8) is 0 Å². The molecular weight excluding hydrogens is 186 g/mol. The van der Waals surface area contributed by atoms with E-state index in [1.165, 1.54) is 18.4 Å². The van der Waals surface area contributed by atoms with E-state index in [-0.39, 0.29) is 0 Å². The van der Waals surface area contributed by atoms with Crippen LogP contribution in [0.3, 0.4) is 0 Å². The number of allylic oxidation sites excluding steroid dienone is 1. The van der Waals surface area contributed by atoms with Crippen LogP contribution in [0.1, 0.15) is 40.0 Å². The lowest BCUT2D eigenvalue weighted by Gasteiger charge is -2.42. The molecule has 2 rings (SSSR count). The lowest BCUT2D eigenvalue weighted by molar-refractivity contribution is -0.0330. The number of hydrogen-bond acceptors (Lipinski definition) is 2. The van der Waals surface area contributed by atoms with Crippen LogP contribution >= 0.6 is 0 Å². The van der Waals surface area contributed by atoms with Gasteiger partial charge >= 0.3 is 0 Å².